The predicted octanol–water partition coefficient (Wildman–Crippen LogP) is 1.96. The van der Waals surface area contributed by atoms with Gasteiger partial charge in [-0.3, -0.25) is 4.79 Å². The molecular weight excluding hydrogens is 200 g/mol. The molecule has 78 valence electrons. The van der Waals surface area contributed by atoms with E-state index in [0.29, 0.717) is 0 Å². The van der Waals surface area contributed by atoms with Crippen LogP contribution in [-0.4, -0.2) is 18.2 Å². The largest absolute Gasteiger partial charge is 0.469 e. The zero-order valence-electron chi connectivity index (χ0n) is 8.53. The SMILES string of the molecule is COC(=O)C[C@@H](O)c1cc(C)sc1C. The van der Waals surface area contributed by atoms with Crippen molar-refractivity contribution >= 4 is 17.3 Å². The maximum absolute atomic E-state index is 10.9. The summed E-state index contributed by atoms with van der Waals surface area (Å²) in [5, 5.41) is 9.72. The van der Waals surface area contributed by atoms with Gasteiger partial charge in [0.15, 0.2) is 0 Å². The normalized spacial score (nSPS) is 12.6. The molecule has 0 aliphatic carbocycles. The van der Waals surface area contributed by atoms with Crippen molar-refractivity contribution in [3.63, 3.8) is 0 Å². The number of rotatable bonds is 3. The van der Waals surface area contributed by atoms with Crippen LogP contribution < -0.4 is 0 Å². The number of carbonyl (C=O) groups excluding carboxylic acids is 1. The summed E-state index contributed by atoms with van der Waals surface area (Å²) < 4.78 is 4.49. The Balaban J connectivity index is 2.73. The van der Waals surface area contributed by atoms with Gasteiger partial charge in [0.25, 0.3) is 0 Å². The van der Waals surface area contributed by atoms with Crippen LogP contribution in [0.25, 0.3) is 0 Å². The zero-order valence-corrected chi connectivity index (χ0v) is 9.35. The second-order valence-electron chi connectivity index (χ2n) is 3.16. The van der Waals surface area contributed by atoms with Crippen LogP contribution >= 0.6 is 11.3 Å². The van der Waals surface area contributed by atoms with E-state index in [1.165, 1.54) is 7.11 Å². The van der Waals surface area contributed by atoms with E-state index < -0.39 is 6.10 Å². The van der Waals surface area contributed by atoms with Crippen molar-refractivity contribution in [2.75, 3.05) is 7.11 Å². The van der Waals surface area contributed by atoms with Gasteiger partial charge in [0.2, 0.25) is 0 Å². The van der Waals surface area contributed by atoms with Gasteiger partial charge in [0.1, 0.15) is 0 Å². The van der Waals surface area contributed by atoms with Crippen LogP contribution in [0.5, 0.6) is 0 Å². The van der Waals surface area contributed by atoms with Crippen LogP contribution in [0.4, 0.5) is 0 Å². The van der Waals surface area contributed by atoms with Gasteiger partial charge in [-0.25, -0.2) is 0 Å². The third-order valence-electron chi connectivity index (χ3n) is 2.03. The molecule has 0 unspecified atom stereocenters. The Hall–Kier alpha value is -0.870. The van der Waals surface area contributed by atoms with Crippen LogP contribution in [-0.2, 0) is 9.53 Å². The highest BCUT2D eigenvalue weighted by Gasteiger charge is 2.16. The second-order valence-corrected chi connectivity index (χ2v) is 4.63. The molecule has 4 heteroatoms. The van der Waals surface area contributed by atoms with Crippen LogP contribution in [0.2, 0.25) is 0 Å². The molecule has 0 spiro atoms. The van der Waals surface area contributed by atoms with Crippen molar-refractivity contribution in [2.45, 2.75) is 26.4 Å². The summed E-state index contributed by atoms with van der Waals surface area (Å²) in [6.45, 7) is 3.92. The number of hydrogen-bond donors (Lipinski definition) is 1. The highest BCUT2D eigenvalue weighted by atomic mass is 32.1. The molecule has 1 heterocycles. The molecule has 14 heavy (non-hydrogen) atoms. The number of aliphatic hydroxyl groups excluding tert-OH is 1. The summed E-state index contributed by atoms with van der Waals surface area (Å²) >= 11 is 1.62. The topological polar surface area (TPSA) is 46.5 Å². The van der Waals surface area contributed by atoms with E-state index in [2.05, 4.69) is 4.74 Å². The highest BCUT2D eigenvalue weighted by Crippen LogP contribution is 2.28. The maximum atomic E-state index is 10.9. The zero-order chi connectivity index (χ0) is 10.7. The lowest BCUT2D eigenvalue weighted by molar-refractivity contribution is -0.142. The number of esters is 1. The summed E-state index contributed by atoms with van der Waals surface area (Å²) in [5.41, 5.74) is 0.831. The third-order valence-corrected chi connectivity index (χ3v) is 3.01. The van der Waals surface area contributed by atoms with E-state index >= 15 is 0 Å². The molecule has 0 aliphatic heterocycles. The minimum atomic E-state index is -0.743. The molecule has 0 saturated heterocycles. The van der Waals surface area contributed by atoms with Crippen LogP contribution in [0.1, 0.15) is 27.8 Å². The van der Waals surface area contributed by atoms with E-state index in [4.69, 9.17) is 0 Å². The van der Waals surface area contributed by atoms with Gasteiger partial charge in [-0.1, -0.05) is 0 Å². The fourth-order valence-corrected chi connectivity index (χ4v) is 2.31. The molecule has 1 atom stereocenters. The molecule has 0 amide bonds. The van der Waals surface area contributed by atoms with Gasteiger partial charge >= 0.3 is 5.97 Å². The van der Waals surface area contributed by atoms with Gasteiger partial charge in [0, 0.05) is 9.75 Å². The van der Waals surface area contributed by atoms with Gasteiger partial charge < -0.3 is 9.84 Å². The maximum Gasteiger partial charge on any atom is 0.308 e. The second kappa shape index (κ2) is 4.57. The monoisotopic (exact) mass is 214 g/mol. The Morgan fingerprint density at radius 2 is 2.29 bits per heavy atom. The number of thiophene rings is 1. The minimum absolute atomic E-state index is 0.0213. The smallest absolute Gasteiger partial charge is 0.308 e. The average Bonchev–Trinajstić information content (AvgIpc) is 2.45. The van der Waals surface area contributed by atoms with E-state index in [-0.39, 0.29) is 12.4 Å². The van der Waals surface area contributed by atoms with E-state index in [9.17, 15) is 9.90 Å². The third kappa shape index (κ3) is 2.56. The Bertz CT molecular complexity index is 330. The first kappa shape index (κ1) is 11.2. The molecular formula is C10H14O3S. The fraction of sp³-hybridized carbons (Fsp3) is 0.500. The first-order valence-electron chi connectivity index (χ1n) is 4.36. The van der Waals surface area contributed by atoms with Crippen molar-refractivity contribution in [1.29, 1.82) is 0 Å². The molecule has 1 rings (SSSR count). The first-order chi connectivity index (χ1) is 6.54. The molecule has 1 aromatic heterocycles. The van der Waals surface area contributed by atoms with Crippen molar-refractivity contribution in [3.8, 4) is 0 Å². The van der Waals surface area contributed by atoms with E-state index in [1.54, 1.807) is 11.3 Å². The first-order valence-corrected chi connectivity index (χ1v) is 5.18. The van der Waals surface area contributed by atoms with Gasteiger partial charge in [0.05, 0.1) is 19.6 Å². The number of methoxy groups -OCH3 is 1. The lowest BCUT2D eigenvalue weighted by atomic mass is 10.1. The summed E-state index contributed by atoms with van der Waals surface area (Å²) in [5.74, 6) is -0.388. The number of carbonyl (C=O) groups is 1. The van der Waals surface area contributed by atoms with Crippen molar-refractivity contribution in [2.24, 2.45) is 0 Å². The fourth-order valence-electron chi connectivity index (χ4n) is 1.33. The lowest BCUT2D eigenvalue weighted by Gasteiger charge is -2.08. The Morgan fingerprint density at radius 1 is 1.64 bits per heavy atom. The quantitative estimate of drug-likeness (QED) is 0.782. The molecule has 0 aromatic carbocycles. The van der Waals surface area contributed by atoms with Crippen LogP contribution in [0.15, 0.2) is 6.07 Å². The van der Waals surface area contributed by atoms with Crippen LogP contribution in [0.3, 0.4) is 0 Å². The Morgan fingerprint density at radius 3 is 2.71 bits per heavy atom. The molecule has 0 bridgehead atoms. The molecule has 0 fully saturated rings. The lowest BCUT2D eigenvalue weighted by Crippen LogP contribution is -2.08. The summed E-state index contributed by atoms with van der Waals surface area (Å²) in [6, 6.07) is 1.91. The van der Waals surface area contributed by atoms with Gasteiger partial charge in [-0.2, -0.15) is 0 Å². The minimum Gasteiger partial charge on any atom is -0.469 e. The summed E-state index contributed by atoms with van der Waals surface area (Å²) in [7, 11) is 1.32. The molecule has 1 N–H and O–H groups in total. The molecule has 3 nitrogen and oxygen atoms in total. The predicted molar refractivity (Wildman–Crippen MR) is 55.4 cm³/mol. The Kier molecular flexibility index (Phi) is 3.66. The van der Waals surface area contributed by atoms with E-state index in [1.807, 2.05) is 19.9 Å². The van der Waals surface area contributed by atoms with Gasteiger partial charge in [-0.15, -0.1) is 11.3 Å². The number of ether oxygens (including phenoxy) is 1. The van der Waals surface area contributed by atoms with Crippen molar-refractivity contribution < 1.29 is 14.6 Å². The molecule has 1 aromatic rings. The Labute approximate surface area is 87.3 Å². The molecule has 0 radical (unpaired) electrons. The number of aliphatic hydroxyl groups is 1. The van der Waals surface area contributed by atoms with E-state index in [0.717, 1.165) is 15.3 Å². The highest BCUT2D eigenvalue weighted by molar-refractivity contribution is 7.12. The standard InChI is InChI=1S/C10H14O3S/c1-6-4-8(7(2)14-6)9(11)5-10(12)13-3/h4,9,11H,5H2,1-3H3/t9-/m1/s1. The average molecular weight is 214 g/mol. The van der Waals surface area contributed by atoms with Crippen LogP contribution in [0, 0.1) is 13.8 Å². The van der Waals surface area contributed by atoms with Crippen molar-refractivity contribution in [3.05, 3.63) is 21.4 Å². The molecule has 0 aliphatic rings. The molecule has 0 saturated carbocycles. The summed E-state index contributed by atoms with van der Waals surface area (Å²) in [4.78, 5) is 13.1. The number of hydrogen-bond acceptors (Lipinski definition) is 4. The van der Waals surface area contributed by atoms with Crippen molar-refractivity contribution in [1.82, 2.24) is 0 Å². The number of aryl methyl sites for hydroxylation is 2. The summed E-state index contributed by atoms with van der Waals surface area (Å²) in [6.07, 6.45) is -0.722. The van der Waals surface area contributed by atoms with Gasteiger partial charge in [-0.05, 0) is 25.5 Å².